The number of benzene rings is 2. The van der Waals surface area contributed by atoms with Crippen molar-refractivity contribution in [3.63, 3.8) is 0 Å². The molecule has 1 amide bonds. The molecule has 3 nitrogen and oxygen atoms in total. The molecular weight excluding hydrogens is 281 g/mol. The first-order valence-corrected chi connectivity index (χ1v) is 7.04. The van der Waals surface area contributed by atoms with E-state index in [1.54, 1.807) is 19.1 Å². The third-order valence-electron chi connectivity index (χ3n) is 3.84. The van der Waals surface area contributed by atoms with Crippen LogP contribution in [0.1, 0.15) is 27.2 Å². The third-order valence-corrected chi connectivity index (χ3v) is 3.84. The minimum atomic E-state index is -0.466. The van der Waals surface area contributed by atoms with Gasteiger partial charge >= 0.3 is 0 Å². The van der Waals surface area contributed by atoms with Crippen molar-refractivity contribution >= 4 is 22.6 Å². The molecule has 112 valence electrons. The standard InChI is InChI=1S/C18H16FNO2/c1-10-6-4-7-11(2)15(10)20-18(21)16-12(3)13-8-5-9-14(19)17(13)22-16/h4-9H,1-3H3,(H,20,21). The van der Waals surface area contributed by atoms with Crippen molar-refractivity contribution in [1.82, 2.24) is 0 Å². The van der Waals surface area contributed by atoms with Crippen LogP contribution < -0.4 is 5.32 Å². The van der Waals surface area contributed by atoms with Crippen LogP contribution in [0.25, 0.3) is 11.0 Å². The van der Waals surface area contributed by atoms with Gasteiger partial charge < -0.3 is 9.73 Å². The Morgan fingerprint density at radius 1 is 1.05 bits per heavy atom. The van der Waals surface area contributed by atoms with Gasteiger partial charge in [0.25, 0.3) is 5.91 Å². The van der Waals surface area contributed by atoms with Gasteiger partial charge in [0.05, 0.1) is 0 Å². The molecule has 1 heterocycles. The summed E-state index contributed by atoms with van der Waals surface area (Å²) in [6, 6.07) is 10.4. The molecule has 0 fully saturated rings. The summed E-state index contributed by atoms with van der Waals surface area (Å²) >= 11 is 0. The maximum absolute atomic E-state index is 13.8. The number of hydrogen-bond donors (Lipinski definition) is 1. The van der Waals surface area contributed by atoms with Gasteiger partial charge in [-0.25, -0.2) is 4.39 Å². The lowest BCUT2D eigenvalue weighted by Gasteiger charge is -2.10. The van der Waals surface area contributed by atoms with Crippen molar-refractivity contribution in [3.05, 3.63) is 64.7 Å². The molecule has 22 heavy (non-hydrogen) atoms. The van der Waals surface area contributed by atoms with E-state index in [4.69, 9.17) is 4.42 Å². The van der Waals surface area contributed by atoms with E-state index < -0.39 is 5.82 Å². The molecule has 3 rings (SSSR count). The molecule has 0 aliphatic rings. The number of hydrogen-bond acceptors (Lipinski definition) is 2. The van der Waals surface area contributed by atoms with Crippen molar-refractivity contribution in [2.45, 2.75) is 20.8 Å². The predicted molar refractivity (Wildman–Crippen MR) is 84.8 cm³/mol. The van der Waals surface area contributed by atoms with Gasteiger partial charge in [0, 0.05) is 16.6 Å². The fraction of sp³-hybridized carbons (Fsp3) is 0.167. The zero-order valence-electron chi connectivity index (χ0n) is 12.7. The average molecular weight is 297 g/mol. The largest absolute Gasteiger partial charge is 0.448 e. The molecule has 1 N–H and O–H groups in total. The zero-order valence-corrected chi connectivity index (χ0v) is 12.7. The lowest BCUT2D eigenvalue weighted by atomic mass is 10.1. The molecule has 1 aromatic heterocycles. The molecule has 0 radical (unpaired) electrons. The van der Waals surface area contributed by atoms with Crippen molar-refractivity contribution in [2.24, 2.45) is 0 Å². The van der Waals surface area contributed by atoms with Gasteiger partial charge in [-0.05, 0) is 38.0 Å². The number of fused-ring (bicyclic) bond motifs is 1. The first kappa shape index (κ1) is 14.3. The van der Waals surface area contributed by atoms with Crippen LogP contribution in [0.3, 0.4) is 0 Å². The summed E-state index contributed by atoms with van der Waals surface area (Å²) in [6.07, 6.45) is 0. The minimum absolute atomic E-state index is 0.117. The van der Waals surface area contributed by atoms with E-state index in [1.165, 1.54) is 6.07 Å². The third kappa shape index (κ3) is 2.26. The molecular formula is C18H16FNO2. The highest BCUT2D eigenvalue weighted by molar-refractivity contribution is 6.07. The van der Waals surface area contributed by atoms with Crippen LogP contribution in [0.2, 0.25) is 0 Å². The molecule has 0 unspecified atom stereocenters. The second-order valence-electron chi connectivity index (χ2n) is 5.39. The summed E-state index contributed by atoms with van der Waals surface area (Å²) in [5, 5.41) is 3.48. The molecule has 2 aromatic carbocycles. The van der Waals surface area contributed by atoms with Crippen LogP contribution >= 0.6 is 0 Å². The van der Waals surface area contributed by atoms with Crippen LogP contribution in [0.4, 0.5) is 10.1 Å². The molecule has 0 spiro atoms. The SMILES string of the molecule is Cc1cccc(C)c1NC(=O)c1oc2c(F)cccc2c1C. The Morgan fingerprint density at radius 2 is 1.68 bits per heavy atom. The number of furan rings is 1. The monoisotopic (exact) mass is 297 g/mol. The lowest BCUT2D eigenvalue weighted by molar-refractivity contribution is 0.0997. The van der Waals surface area contributed by atoms with Crippen LogP contribution in [0.5, 0.6) is 0 Å². The number of carbonyl (C=O) groups is 1. The second kappa shape index (κ2) is 5.30. The number of amides is 1. The fourth-order valence-electron chi connectivity index (χ4n) is 2.61. The van der Waals surface area contributed by atoms with Crippen molar-refractivity contribution in [3.8, 4) is 0 Å². The highest BCUT2D eigenvalue weighted by Gasteiger charge is 2.20. The van der Waals surface area contributed by atoms with E-state index in [9.17, 15) is 9.18 Å². The summed E-state index contributed by atoms with van der Waals surface area (Å²) < 4.78 is 19.2. The Labute approximate surface area is 127 Å². The molecule has 0 aliphatic carbocycles. The number of carbonyl (C=O) groups excluding carboxylic acids is 1. The highest BCUT2D eigenvalue weighted by atomic mass is 19.1. The van der Waals surface area contributed by atoms with Crippen LogP contribution in [-0.2, 0) is 0 Å². The number of para-hydroxylation sites is 2. The van der Waals surface area contributed by atoms with Gasteiger partial charge in [-0.15, -0.1) is 0 Å². The van der Waals surface area contributed by atoms with Gasteiger partial charge in [-0.1, -0.05) is 30.3 Å². The topological polar surface area (TPSA) is 42.2 Å². The van der Waals surface area contributed by atoms with Gasteiger partial charge in [-0.2, -0.15) is 0 Å². The predicted octanol–water partition coefficient (Wildman–Crippen LogP) is 4.75. The van der Waals surface area contributed by atoms with E-state index in [0.29, 0.717) is 10.9 Å². The molecule has 0 aliphatic heterocycles. The average Bonchev–Trinajstić information content (AvgIpc) is 2.82. The van der Waals surface area contributed by atoms with E-state index >= 15 is 0 Å². The number of aryl methyl sites for hydroxylation is 3. The van der Waals surface area contributed by atoms with Crippen LogP contribution in [0.15, 0.2) is 40.8 Å². The summed E-state index contributed by atoms with van der Waals surface area (Å²) in [7, 11) is 0. The van der Waals surface area contributed by atoms with Crippen molar-refractivity contribution in [1.29, 1.82) is 0 Å². The number of halogens is 1. The Balaban J connectivity index is 2.03. The minimum Gasteiger partial charge on any atom is -0.448 e. The lowest BCUT2D eigenvalue weighted by Crippen LogP contribution is -2.14. The molecule has 0 saturated carbocycles. The van der Waals surface area contributed by atoms with Gasteiger partial charge in [0.1, 0.15) is 0 Å². The first-order valence-electron chi connectivity index (χ1n) is 7.04. The van der Waals surface area contributed by atoms with Gasteiger partial charge in [0.2, 0.25) is 0 Å². The normalized spacial score (nSPS) is 10.9. The maximum atomic E-state index is 13.8. The fourth-order valence-corrected chi connectivity index (χ4v) is 2.61. The van der Waals surface area contributed by atoms with Gasteiger partial charge in [0.15, 0.2) is 17.2 Å². The summed E-state index contributed by atoms with van der Waals surface area (Å²) in [4.78, 5) is 12.5. The summed E-state index contributed by atoms with van der Waals surface area (Å²) in [5.41, 5.74) is 3.44. The Kier molecular flexibility index (Phi) is 3.45. The van der Waals surface area contributed by atoms with E-state index in [0.717, 1.165) is 16.8 Å². The molecule has 4 heteroatoms. The Morgan fingerprint density at radius 3 is 2.32 bits per heavy atom. The summed E-state index contributed by atoms with van der Waals surface area (Å²) in [6.45, 7) is 5.60. The van der Waals surface area contributed by atoms with E-state index in [-0.39, 0.29) is 17.3 Å². The van der Waals surface area contributed by atoms with E-state index in [1.807, 2.05) is 32.0 Å². The number of rotatable bonds is 2. The van der Waals surface area contributed by atoms with Crippen LogP contribution in [0, 0.1) is 26.6 Å². The molecule has 0 bridgehead atoms. The number of nitrogens with one attached hydrogen (secondary N) is 1. The zero-order chi connectivity index (χ0) is 15.9. The number of anilines is 1. The molecule has 0 saturated heterocycles. The van der Waals surface area contributed by atoms with Crippen molar-refractivity contribution < 1.29 is 13.6 Å². The second-order valence-corrected chi connectivity index (χ2v) is 5.39. The molecule has 3 aromatic rings. The molecule has 0 atom stereocenters. The van der Waals surface area contributed by atoms with E-state index in [2.05, 4.69) is 5.32 Å². The Bertz CT molecular complexity index is 860. The quantitative estimate of drug-likeness (QED) is 0.741. The van der Waals surface area contributed by atoms with Gasteiger partial charge in [-0.3, -0.25) is 4.79 Å². The summed E-state index contributed by atoms with van der Waals surface area (Å²) in [5.74, 6) is -0.694. The van der Waals surface area contributed by atoms with Crippen molar-refractivity contribution in [2.75, 3.05) is 5.32 Å². The first-order chi connectivity index (χ1) is 10.5. The van der Waals surface area contributed by atoms with Crippen LogP contribution in [-0.4, -0.2) is 5.91 Å². The Hall–Kier alpha value is -2.62. The smallest absolute Gasteiger partial charge is 0.291 e. The maximum Gasteiger partial charge on any atom is 0.291 e. The highest BCUT2D eigenvalue weighted by Crippen LogP contribution is 2.28.